The first-order chi connectivity index (χ1) is 6.07. The molecule has 1 heterocycles. The average Bonchev–Trinajstić information content (AvgIpc) is 2.41. The van der Waals surface area contributed by atoms with E-state index in [0.29, 0.717) is 17.3 Å². The molecule has 1 aliphatic rings. The van der Waals surface area contributed by atoms with Gasteiger partial charge in [-0.25, -0.2) is 0 Å². The third-order valence-corrected chi connectivity index (χ3v) is 3.36. The summed E-state index contributed by atoms with van der Waals surface area (Å²) in [6.45, 7) is 5.31. The third kappa shape index (κ3) is 1.18. The first-order valence-electron chi connectivity index (χ1n) is 4.77. The number of hydrogen-bond acceptors (Lipinski definition) is 2. The second-order valence-corrected chi connectivity index (χ2v) is 4.56. The monoisotopic (exact) mass is 179 g/mol. The van der Waals surface area contributed by atoms with Crippen LogP contribution >= 0.6 is 0 Å². The molecule has 0 spiro atoms. The normalized spacial score (nSPS) is 30.5. The van der Waals surface area contributed by atoms with Gasteiger partial charge >= 0.3 is 0 Å². The van der Waals surface area contributed by atoms with Crippen molar-refractivity contribution in [3.63, 3.8) is 0 Å². The minimum Gasteiger partial charge on any atom is -0.330 e. The zero-order valence-electron chi connectivity index (χ0n) is 8.49. The van der Waals surface area contributed by atoms with Crippen LogP contribution in [-0.2, 0) is 7.05 Å². The Bertz CT molecular complexity index is 314. The molecule has 2 atom stereocenters. The molecule has 3 heteroatoms. The van der Waals surface area contributed by atoms with E-state index in [0.717, 1.165) is 6.54 Å². The predicted octanol–water partition coefficient (Wildman–Crippen LogP) is 1.12. The Morgan fingerprint density at radius 1 is 1.62 bits per heavy atom. The molecule has 0 saturated heterocycles. The Kier molecular flexibility index (Phi) is 1.74. The fourth-order valence-electron chi connectivity index (χ4n) is 2.37. The lowest BCUT2D eigenvalue weighted by atomic mass is 10.1. The molecule has 0 amide bonds. The van der Waals surface area contributed by atoms with Gasteiger partial charge in [-0.3, -0.25) is 4.68 Å². The molecule has 1 fully saturated rings. The maximum Gasteiger partial charge on any atom is 0.0664 e. The van der Waals surface area contributed by atoms with Crippen LogP contribution < -0.4 is 5.73 Å². The number of aryl methyl sites for hydroxylation is 1. The van der Waals surface area contributed by atoms with E-state index in [4.69, 9.17) is 5.73 Å². The molecule has 0 bridgehead atoms. The van der Waals surface area contributed by atoms with E-state index in [1.165, 1.54) is 5.69 Å². The van der Waals surface area contributed by atoms with Gasteiger partial charge in [0, 0.05) is 19.2 Å². The van der Waals surface area contributed by atoms with Gasteiger partial charge < -0.3 is 5.73 Å². The van der Waals surface area contributed by atoms with Crippen LogP contribution in [0.2, 0.25) is 0 Å². The minimum atomic E-state index is 0.350. The van der Waals surface area contributed by atoms with Crippen LogP contribution in [0.5, 0.6) is 0 Å². The van der Waals surface area contributed by atoms with Crippen LogP contribution in [0.1, 0.15) is 25.5 Å². The number of nitrogens with zero attached hydrogens (tertiary/aromatic N) is 2. The fraction of sp³-hybridized carbons (Fsp3) is 0.700. The number of aromatic nitrogens is 2. The molecule has 0 aromatic carbocycles. The summed E-state index contributed by atoms with van der Waals surface area (Å²) in [7, 11) is 1.95. The molecule has 0 aliphatic heterocycles. The highest BCUT2D eigenvalue weighted by Gasteiger charge is 2.58. The summed E-state index contributed by atoms with van der Waals surface area (Å²) in [4.78, 5) is 0. The van der Waals surface area contributed by atoms with Crippen molar-refractivity contribution in [1.29, 1.82) is 0 Å². The van der Waals surface area contributed by atoms with Gasteiger partial charge in [-0.2, -0.15) is 5.10 Å². The second kappa shape index (κ2) is 2.58. The zero-order valence-corrected chi connectivity index (χ0v) is 8.49. The summed E-state index contributed by atoms with van der Waals surface area (Å²) >= 11 is 0. The van der Waals surface area contributed by atoms with Gasteiger partial charge in [-0.1, -0.05) is 13.8 Å². The van der Waals surface area contributed by atoms with Crippen LogP contribution in [0.4, 0.5) is 0 Å². The van der Waals surface area contributed by atoms with E-state index < -0.39 is 0 Å². The van der Waals surface area contributed by atoms with Gasteiger partial charge in [-0.15, -0.1) is 0 Å². The van der Waals surface area contributed by atoms with Gasteiger partial charge in [0.15, 0.2) is 0 Å². The first-order valence-corrected chi connectivity index (χ1v) is 4.77. The van der Waals surface area contributed by atoms with E-state index in [9.17, 15) is 0 Å². The lowest BCUT2D eigenvalue weighted by molar-refractivity contribution is 0.556. The Morgan fingerprint density at radius 3 is 2.69 bits per heavy atom. The SMILES string of the molecule is Cn1ccc([C@H]2[C@H](CN)C2(C)C)n1. The van der Waals surface area contributed by atoms with Crippen molar-refractivity contribution in [2.24, 2.45) is 24.1 Å². The molecule has 13 heavy (non-hydrogen) atoms. The number of hydrogen-bond donors (Lipinski definition) is 1. The van der Waals surface area contributed by atoms with E-state index in [-0.39, 0.29) is 0 Å². The Hall–Kier alpha value is -0.830. The van der Waals surface area contributed by atoms with Crippen LogP contribution in [0.15, 0.2) is 12.3 Å². The summed E-state index contributed by atoms with van der Waals surface area (Å²) in [6, 6.07) is 2.10. The van der Waals surface area contributed by atoms with Gasteiger partial charge in [-0.05, 0) is 23.9 Å². The van der Waals surface area contributed by atoms with Gasteiger partial charge in [0.25, 0.3) is 0 Å². The van der Waals surface area contributed by atoms with Crippen LogP contribution in [0, 0.1) is 11.3 Å². The molecule has 3 nitrogen and oxygen atoms in total. The maximum atomic E-state index is 5.71. The van der Waals surface area contributed by atoms with Crippen LogP contribution in [-0.4, -0.2) is 16.3 Å². The van der Waals surface area contributed by atoms with E-state index in [1.807, 2.05) is 17.9 Å². The summed E-state index contributed by atoms with van der Waals surface area (Å²) in [5, 5.41) is 4.43. The quantitative estimate of drug-likeness (QED) is 0.739. The Balaban J connectivity index is 2.21. The molecule has 0 radical (unpaired) electrons. The number of rotatable bonds is 2. The van der Waals surface area contributed by atoms with Gasteiger partial charge in [0.05, 0.1) is 5.69 Å². The minimum absolute atomic E-state index is 0.350. The van der Waals surface area contributed by atoms with Gasteiger partial charge in [0.1, 0.15) is 0 Å². The van der Waals surface area contributed by atoms with Crippen LogP contribution in [0.25, 0.3) is 0 Å². The second-order valence-electron chi connectivity index (χ2n) is 4.56. The first kappa shape index (κ1) is 8.75. The molecular weight excluding hydrogens is 162 g/mol. The topological polar surface area (TPSA) is 43.8 Å². The van der Waals surface area contributed by atoms with E-state index >= 15 is 0 Å². The van der Waals surface area contributed by atoms with Crippen molar-refractivity contribution >= 4 is 0 Å². The summed E-state index contributed by atoms with van der Waals surface area (Å²) in [5.41, 5.74) is 7.26. The lowest BCUT2D eigenvalue weighted by Crippen LogP contribution is -2.05. The number of nitrogens with two attached hydrogens (primary N) is 1. The predicted molar refractivity (Wildman–Crippen MR) is 52.3 cm³/mol. The Labute approximate surface area is 78.9 Å². The smallest absolute Gasteiger partial charge is 0.0664 e. The van der Waals surface area contributed by atoms with Crippen molar-refractivity contribution < 1.29 is 0 Å². The van der Waals surface area contributed by atoms with E-state index in [2.05, 4.69) is 25.0 Å². The molecule has 72 valence electrons. The third-order valence-electron chi connectivity index (χ3n) is 3.36. The molecule has 1 aliphatic carbocycles. The molecular formula is C10H17N3. The molecule has 1 aromatic rings. The summed E-state index contributed by atoms with van der Waals surface area (Å²) < 4.78 is 1.86. The van der Waals surface area contributed by atoms with Gasteiger partial charge in [0.2, 0.25) is 0 Å². The summed E-state index contributed by atoms with van der Waals surface area (Å²) in [6.07, 6.45) is 2.00. The van der Waals surface area contributed by atoms with Crippen molar-refractivity contribution in [3.05, 3.63) is 18.0 Å². The van der Waals surface area contributed by atoms with E-state index in [1.54, 1.807) is 0 Å². The molecule has 2 N–H and O–H groups in total. The highest BCUT2D eigenvalue weighted by molar-refractivity contribution is 5.25. The van der Waals surface area contributed by atoms with Crippen molar-refractivity contribution in [1.82, 2.24) is 9.78 Å². The fourth-order valence-corrected chi connectivity index (χ4v) is 2.37. The average molecular weight is 179 g/mol. The molecule has 2 rings (SSSR count). The molecule has 1 aromatic heterocycles. The Morgan fingerprint density at radius 2 is 2.31 bits per heavy atom. The maximum absolute atomic E-state index is 5.71. The summed E-state index contributed by atoms with van der Waals surface area (Å²) in [5.74, 6) is 1.18. The lowest BCUT2D eigenvalue weighted by Gasteiger charge is -1.98. The van der Waals surface area contributed by atoms with Crippen molar-refractivity contribution in [2.75, 3.05) is 6.54 Å². The van der Waals surface area contributed by atoms with Crippen molar-refractivity contribution in [3.8, 4) is 0 Å². The zero-order chi connectivity index (χ0) is 9.64. The highest BCUT2D eigenvalue weighted by atomic mass is 15.3. The largest absolute Gasteiger partial charge is 0.330 e. The molecule has 0 unspecified atom stereocenters. The molecule has 1 saturated carbocycles. The highest BCUT2D eigenvalue weighted by Crippen LogP contribution is 2.63. The standard InChI is InChI=1S/C10H17N3/c1-10(2)7(6-11)9(10)8-4-5-13(3)12-8/h4-5,7,9H,6,11H2,1-3H3/t7-,9+/m0/s1. The van der Waals surface area contributed by atoms with Crippen LogP contribution in [0.3, 0.4) is 0 Å². The van der Waals surface area contributed by atoms with Crippen molar-refractivity contribution in [2.45, 2.75) is 19.8 Å².